The van der Waals surface area contributed by atoms with Crippen molar-refractivity contribution in [3.63, 3.8) is 0 Å². The number of aliphatic imine (C=N–C) groups is 1. The highest BCUT2D eigenvalue weighted by molar-refractivity contribution is 6.47. The molecule has 12 heteroatoms. The number of hydrogen-bond acceptors (Lipinski definition) is 7. The van der Waals surface area contributed by atoms with Crippen LogP contribution in [0.5, 0.6) is 0 Å². The summed E-state index contributed by atoms with van der Waals surface area (Å²) in [5.74, 6) is -0.259. The summed E-state index contributed by atoms with van der Waals surface area (Å²) in [4.78, 5) is 42.0. The lowest BCUT2D eigenvalue weighted by atomic mass is 9.43. The van der Waals surface area contributed by atoms with Gasteiger partial charge in [0.25, 0.3) is 5.96 Å². The number of hydrazine groups is 1. The number of nitrogens with zero attached hydrogens (tertiary/aromatic N) is 2. The number of hydrogen-bond donors (Lipinski definition) is 3. The summed E-state index contributed by atoms with van der Waals surface area (Å²) in [7, 11) is -0.567. The molecule has 46 heavy (non-hydrogen) atoms. The summed E-state index contributed by atoms with van der Waals surface area (Å²) in [6.45, 7) is 11.2. The Morgan fingerprint density at radius 3 is 2.59 bits per heavy atom. The van der Waals surface area contributed by atoms with Gasteiger partial charge in [-0.15, -0.1) is 0 Å². The first-order chi connectivity index (χ1) is 21.8. The Morgan fingerprint density at radius 1 is 1.15 bits per heavy atom. The molecular weight excluding hydrogens is 585 g/mol. The van der Waals surface area contributed by atoms with Crippen LogP contribution in [0.25, 0.3) is 10.8 Å². The molecule has 2 bridgehead atoms. The Bertz CT molecular complexity index is 1480. The fourth-order valence-corrected chi connectivity index (χ4v) is 8.03. The Balaban J connectivity index is 1.28. The number of ketones is 1. The van der Waals surface area contributed by atoms with E-state index < -0.39 is 23.7 Å². The van der Waals surface area contributed by atoms with Crippen molar-refractivity contribution in [3.8, 4) is 0 Å². The molecule has 4 aliphatic rings. The van der Waals surface area contributed by atoms with Gasteiger partial charge in [-0.2, -0.15) is 0 Å². The van der Waals surface area contributed by atoms with Gasteiger partial charge in [0.05, 0.1) is 17.6 Å². The zero-order chi connectivity index (χ0) is 33.2. The standard InChI is InChI=1S/C34H48BN5O6/c1-21(2)15-30(35-45-29-20-26-19-28(33(26,3)4)34(29,5)46-35)38-31(42)25(11-8-14-37-32(36)39-40(43)44)18-27(41)17-22-12-13-23-9-6-7-10-24(23)16-22/h6-7,9-10,12-13,16,21,25-26,28-30H,8,11,14-15,17-20H2,1-5H3,(H,38,42)(H3,36,37,39)/t25-,26+,28+,29-,30+,34+/m1/s1. The van der Waals surface area contributed by atoms with E-state index in [1.165, 1.54) is 0 Å². The molecule has 11 nitrogen and oxygen atoms in total. The lowest BCUT2D eigenvalue weighted by Crippen LogP contribution is -2.65. The minimum absolute atomic E-state index is 0.00346. The van der Waals surface area contributed by atoms with E-state index in [4.69, 9.17) is 15.0 Å². The zero-order valence-corrected chi connectivity index (χ0v) is 27.7. The van der Waals surface area contributed by atoms with Crippen molar-refractivity contribution in [3.05, 3.63) is 58.1 Å². The van der Waals surface area contributed by atoms with Crippen LogP contribution < -0.4 is 16.5 Å². The molecule has 3 saturated carbocycles. The van der Waals surface area contributed by atoms with Crippen molar-refractivity contribution in [2.75, 3.05) is 6.54 Å². The van der Waals surface area contributed by atoms with E-state index >= 15 is 0 Å². The third-order valence-corrected chi connectivity index (χ3v) is 10.6. The molecule has 0 aromatic heterocycles. The number of nitro groups is 1. The molecule has 2 aromatic rings. The quantitative estimate of drug-likeness (QED) is 0.0679. The van der Waals surface area contributed by atoms with E-state index in [9.17, 15) is 19.7 Å². The number of amides is 1. The highest BCUT2D eigenvalue weighted by atomic mass is 16.7. The van der Waals surface area contributed by atoms with E-state index in [2.05, 4.69) is 44.9 Å². The van der Waals surface area contributed by atoms with Crippen molar-refractivity contribution < 1.29 is 23.9 Å². The molecule has 3 aliphatic carbocycles. The molecule has 0 spiro atoms. The predicted octanol–water partition coefficient (Wildman–Crippen LogP) is 4.63. The maximum atomic E-state index is 14.0. The van der Waals surface area contributed by atoms with Crippen molar-refractivity contribution in [1.82, 2.24) is 10.7 Å². The van der Waals surface area contributed by atoms with Crippen molar-refractivity contribution in [1.29, 1.82) is 0 Å². The number of fused-ring (bicyclic) bond motifs is 1. The number of guanidine groups is 1. The SMILES string of the molecule is CC(C)C[C@H](NC(=O)[C@H](CCCN=C(N)N[N+](=O)[O-])CC(=O)Cc1ccc2ccccc2c1)B1O[C@@H]2C[C@@H]3C[C@@H](C3(C)C)[C@]2(C)O1. The molecule has 6 rings (SSSR count). The molecule has 0 radical (unpaired) electrons. The van der Waals surface area contributed by atoms with Crippen molar-refractivity contribution >= 4 is 35.5 Å². The normalized spacial score (nSPS) is 26.3. The monoisotopic (exact) mass is 633 g/mol. The van der Waals surface area contributed by atoms with Gasteiger partial charge < -0.3 is 20.4 Å². The number of Topliss-reactive ketones (excluding diaryl/α,β-unsaturated/α-hetero) is 1. The summed E-state index contributed by atoms with van der Waals surface area (Å²) >= 11 is 0. The molecule has 1 saturated heterocycles. The Morgan fingerprint density at radius 2 is 1.89 bits per heavy atom. The van der Waals surface area contributed by atoms with Crippen LogP contribution in [0.4, 0.5) is 0 Å². The lowest BCUT2D eigenvalue weighted by Gasteiger charge is -2.64. The highest BCUT2D eigenvalue weighted by Crippen LogP contribution is 2.65. The summed E-state index contributed by atoms with van der Waals surface area (Å²) in [6.07, 6.45) is 3.83. The molecule has 4 fully saturated rings. The Kier molecular flexibility index (Phi) is 10.1. The third-order valence-electron chi connectivity index (χ3n) is 10.6. The minimum atomic E-state index is -0.774. The van der Waals surface area contributed by atoms with Crippen LogP contribution in [0.15, 0.2) is 47.5 Å². The van der Waals surface area contributed by atoms with Crippen molar-refractivity contribution in [2.24, 2.45) is 39.8 Å². The van der Waals surface area contributed by atoms with Gasteiger partial charge in [0, 0.05) is 25.3 Å². The summed E-state index contributed by atoms with van der Waals surface area (Å²) in [6, 6.07) is 14.0. The highest BCUT2D eigenvalue weighted by Gasteiger charge is 2.68. The van der Waals surface area contributed by atoms with Gasteiger partial charge >= 0.3 is 7.12 Å². The number of carbonyl (C=O) groups is 2. The van der Waals surface area contributed by atoms with Gasteiger partial charge in [-0.05, 0) is 78.5 Å². The molecule has 6 atom stereocenters. The van der Waals surface area contributed by atoms with Crippen LogP contribution in [0.3, 0.4) is 0 Å². The van der Waals surface area contributed by atoms with Crippen molar-refractivity contribution in [2.45, 2.75) is 97.2 Å². The van der Waals surface area contributed by atoms with Gasteiger partial charge in [0.2, 0.25) is 5.91 Å². The first-order valence-electron chi connectivity index (χ1n) is 16.6. The molecule has 4 N–H and O–H groups in total. The van der Waals surface area contributed by atoms with Crippen LogP contribution in [0.2, 0.25) is 0 Å². The largest absolute Gasteiger partial charge is 0.481 e. The van der Waals surface area contributed by atoms with Gasteiger partial charge in [-0.3, -0.25) is 9.59 Å². The molecule has 2 aromatic carbocycles. The first-order valence-corrected chi connectivity index (χ1v) is 16.6. The average Bonchev–Trinajstić information content (AvgIpc) is 3.35. The smallest absolute Gasteiger partial charge is 0.404 e. The van der Waals surface area contributed by atoms with E-state index in [0.717, 1.165) is 29.2 Å². The van der Waals surface area contributed by atoms with Gasteiger partial charge in [0.15, 0.2) is 5.03 Å². The average molecular weight is 634 g/mol. The first kappa shape index (κ1) is 33.8. The molecule has 1 heterocycles. The Hall–Kier alpha value is -3.51. The lowest BCUT2D eigenvalue weighted by molar-refractivity contribution is -0.525. The Labute approximate surface area is 271 Å². The fourth-order valence-electron chi connectivity index (χ4n) is 8.03. The number of benzene rings is 2. The summed E-state index contributed by atoms with van der Waals surface area (Å²) in [5.41, 5.74) is 8.10. The molecule has 0 unspecified atom stereocenters. The second-order valence-electron chi connectivity index (χ2n) is 14.7. The van der Waals surface area contributed by atoms with E-state index in [-0.39, 0.29) is 60.4 Å². The van der Waals surface area contributed by atoms with Crippen LogP contribution >= 0.6 is 0 Å². The van der Waals surface area contributed by atoms with E-state index in [1.807, 2.05) is 47.9 Å². The molecule has 1 amide bonds. The summed E-state index contributed by atoms with van der Waals surface area (Å²) in [5, 5.41) is 15.3. The van der Waals surface area contributed by atoms with E-state index in [0.29, 0.717) is 31.1 Å². The number of nitrogens with one attached hydrogen (secondary N) is 2. The van der Waals surface area contributed by atoms with Crippen LogP contribution in [0.1, 0.15) is 78.7 Å². The number of nitrogens with two attached hydrogens (primary N) is 1. The fraction of sp³-hybridized carbons (Fsp3) is 0.618. The number of rotatable bonds is 14. The maximum Gasteiger partial charge on any atom is 0.481 e. The molecule has 248 valence electrons. The second-order valence-corrected chi connectivity index (χ2v) is 14.7. The van der Waals surface area contributed by atoms with Gasteiger partial charge in [0.1, 0.15) is 5.78 Å². The third kappa shape index (κ3) is 7.38. The van der Waals surface area contributed by atoms with Crippen LogP contribution in [0, 0.1) is 39.2 Å². The minimum Gasteiger partial charge on any atom is -0.404 e. The van der Waals surface area contributed by atoms with Crippen LogP contribution in [-0.4, -0.2) is 54.0 Å². The molecular formula is C34H48BN5O6. The number of carbonyl (C=O) groups excluding carboxylic acids is 2. The van der Waals surface area contributed by atoms with Gasteiger partial charge in [-0.25, -0.2) is 15.1 Å². The van der Waals surface area contributed by atoms with Gasteiger partial charge in [-0.1, -0.05) is 75.6 Å². The van der Waals surface area contributed by atoms with E-state index in [1.54, 1.807) is 0 Å². The maximum absolute atomic E-state index is 14.0. The topological polar surface area (TPSA) is 158 Å². The summed E-state index contributed by atoms with van der Waals surface area (Å²) < 4.78 is 13.3. The van der Waals surface area contributed by atoms with Crippen LogP contribution in [-0.2, 0) is 25.3 Å². The molecule has 1 aliphatic heterocycles. The zero-order valence-electron chi connectivity index (χ0n) is 27.7. The predicted molar refractivity (Wildman–Crippen MR) is 178 cm³/mol. The second kappa shape index (κ2) is 13.7.